The molecule has 0 spiro atoms. The molecule has 138 valence electrons. The lowest BCUT2D eigenvalue weighted by atomic mass is 10.1. The van der Waals surface area contributed by atoms with E-state index in [1.165, 1.54) is 14.2 Å². The first-order valence-electron chi connectivity index (χ1n) is 8.36. The minimum Gasteiger partial charge on any atom is -0.493 e. The Morgan fingerprint density at radius 3 is 2.19 bits per heavy atom. The van der Waals surface area contributed by atoms with E-state index in [9.17, 15) is 9.59 Å². The first kappa shape index (κ1) is 19.3. The second kappa shape index (κ2) is 9.46. The van der Waals surface area contributed by atoms with Crippen LogP contribution in [0, 0.1) is 6.92 Å². The summed E-state index contributed by atoms with van der Waals surface area (Å²) in [5, 5.41) is 5.56. The van der Waals surface area contributed by atoms with Gasteiger partial charge in [-0.3, -0.25) is 9.59 Å². The van der Waals surface area contributed by atoms with E-state index in [0.29, 0.717) is 36.6 Å². The van der Waals surface area contributed by atoms with Gasteiger partial charge in [-0.1, -0.05) is 29.8 Å². The van der Waals surface area contributed by atoms with Crippen LogP contribution in [-0.4, -0.2) is 39.1 Å². The van der Waals surface area contributed by atoms with Gasteiger partial charge in [0.15, 0.2) is 11.5 Å². The highest BCUT2D eigenvalue weighted by atomic mass is 16.5. The van der Waals surface area contributed by atoms with Gasteiger partial charge < -0.3 is 20.1 Å². The smallest absolute Gasteiger partial charge is 0.251 e. The Bertz CT molecular complexity index is 757. The molecule has 2 N–H and O–H groups in total. The van der Waals surface area contributed by atoms with Crippen molar-refractivity contribution in [1.82, 2.24) is 10.6 Å². The van der Waals surface area contributed by atoms with Gasteiger partial charge in [0.25, 0.3) is 5.91 Å². The summed E-state index contributed by atoms with van der Waals surface area (Å²) >= 11 is 0. The summed E-state index contributed by atoms with van der Waals surface area (Å²) in [4.78, 5) is 24.1. The number of methoxy groups -OCH3 is 2. The maximum atomic E-state index is 12.2. The fourth-order valence-corrected chi connectivity index (χ4v) is 2.41. The molecule has 6 heteroatoms. The van der Waals surface area contributed by atoms with E-state index in [-0.39, 0.29) is 11.8 Å². The third-order valence-corrected chi connectivity index (χ3v) is 3.86. The zero-order valence-corrected chi connectivity index (χ0v) is 15.3. The van der Waals surface area contributed by atoms with Crippen LogP contribution in [0.4, 0.5) is 0 Å². The number of carbonyl (C=O) groups excluding carboxylic acids is 2. The third-order valence-electron chi connectivity index (χ3n) is 3.86. The number of benzene rings is 2. The standard InChI is InChI=1S/C20H24N2O4/c1-14-4-6-15(7-5-14)12-19(23)21-10-11-22-20(24)16-8-9-17(25-2)18(13-16)26-3/h4-9,13H,10-12H2,1-3H3,(H,21,23)(H,22,24). The van der Waals surface area contributed by atoms with E-state index in [0.717, 1.165) is 11.1 Å². The van der Waals surface area contributed by atoms with Crippen LogP contribution in [0.2, 0.25) is 0 Å². The van der Waals surface area contributed by atoms with Crippen molar-refractivity contribution in [3.63, 3.8) is 0 Å². The molecule has 0 bridgehead atoms. The lowest BCUT2D eigenvalue weighted by Crippen LogP contribution is -2.35. The van der Waals surface area contributed by atoms with Crippen LogP contribution >= 0.6 is 0 Å². The molecule has 6 nitrogen and oxygen atoms in total. The second-order valence-electron chi connectivity index (χ2n) is 5.84. The van der Waals surface area contributed by atoms with Crippen molar-refractivity contribution in [2.45, 2.75) is 13.3 Å². The fraction of sp³-hybridized carbons (Fsp3) is 0.300. The van der Waals surface area contributed by atoms with Gasteiger partial charge in [0.2, 0.25) is 5.91 Å². The molecule has 2 aromatic carbocycles. The molecule has 26 heavy (non-hydrogen) atoms. The number of amides is 2. The molecule has 2 amide bonds. The minimum absolute atomic E-state index is 0.0748. The highest BCUT2D eigenvalue weighted by Crippen LogP contribution is 2.27. The molecule has 0 atom stereocenters. The van der Waals surface area contributed by atoms with E-state index in [2.05, 4.69) is 10.6 Å². The molecule has 0 fully saturated rings. The van der Waals surface area contributed by atoms with E-state index in [4.69, 9.17) is 9.47 Å². The normalized spacial score (nSPS) is 10.1. The van der Waals surface area contributed by atoms with Crippen molar-refractivity contribution < 1.29 is 19.1 Å². The molecule has 0 aromatic heterocycles. The average molecular weight is 356 g/mol. The van der Waals surface area contributed by atoms with Gasteiger partial charge in [-0.15, -0.1) is 0 Å². The van der Waals surface area contributed by atoms with Crippen molar-refractivity contribution in [3.8, 4) is 11.5 Å². The number of hydrogen-bond acceptors (Lipinski definition) is 4. The molecule has 0 radical (unpaired) electrons. The van der Waals surface area contributed by atoms with Crippen LogP contribution in [0.3, 0.4) is 0 Å². The molecule has 2 aromatic rings. The topological polar surface area (TPSA) is 76.7 Å². The van der Waals surface area contributed by atoms with Crippen LogP contribution in [-0.2, 0) is 11.2 Å². The van der Waals surface area contributed by atoms with Gasteiger partial charge in [0, 0.05) is 18.7 Å². The summed E-state index contributed by atoms with van der Waals surface area (Å²) in [5.41, 5.74) is 2.59. The summed E-state index contributed by atoms with van der Waals surface area (Å²) < 4.78 is 10.3. The van der Waals surface area contributed by atoms with E-state index in [1.54, 1.807) is 18.2 Å². The predicted octanol–water partition coefficient (Wildman–Crippen LogP) is 2.10. The maximum absolute atomic E-state index is 12.2. The van der Waals surface area contributed by atoms with Crippen molar-refractivity contribution in [2.75, 3.05) is 27.3 Å². The molecule has 0 aliphatic rings. The number of hydrogen-bond donors (Lipinski definition) is 2. The summed E-state index contributed by atoms with van der Waals surface area (Å²) in [6, 6.07) is 12.8. The van der Waals surface area contributed by atoms with Crippen molar-refractivity contribution in [3.05, 3.63) is 59.2 Å². The van der Waals surface area contributed by atoms with Gasteiger partial charge >= 0.3 is 0 Å². The van der Waals surface area contributed by atoms with Crippen LogP contribution in [0.25, 0.3) is 0 Å². The molecule has 2 rings (SSSR count). The van der Waals surface area contributed by atoms with E-state index >= 15 is 0 Å². The lowest BCUT2D eigenvalue weighted by molar-refractivity contribution is -0.120. The predicted molar refractivity (Wildman–Crippen MR) is 99.8 cm³/mol. The maximum Gasteiger partial charge on any atom is 0.251 e. The fourth-order valence-electron chi connectivity index (χ4n) is 2.41. The number of aryl methyl sites for hydroxylation is 1. The number of carbonyl (C=O) groups is 2. The zero-order chi connectivity index (χ0) is 18.9. The Hall–Kier alpha value is -3.02. The lowest BCUT2D eigenvalue weighted by Gasteiger charge is -2.10. The average Bonchev–Trinajstić information content (AvgIpc) is 2.66. The highest BCUT2D eigenvalue weighted by molar-refractivity contribution is 5.94. The Balaban J connectivity index is 1.76. The summed E-state index contributed by atoms with van der Waals surface area (Å²) in [5.74, 6) is 0.743. The Morgan fingerprint density at radius 1 is 0.885 bits per heavy atom. The number of rotatable bonds is 8. The molecule has 0 unspecified atom stereocenters. The molecule has 0 saturated heterocycles. The first-order valence-corrected chi connectivity index (χ1v) is 8.36. The van der Waals surface area contributed by atoms with Crippen LogP contribution < -0.4 is 20.1 Å². The van der Waals surface area contributed by atoms with Crippen LogP contribution in [0.1, 0.15) is 21.5 Å². The molecule has 0 saturated carbocycles. The Labute approximate surface area is 153 Å². The SMILES string of the molecule is COc1ccc(C(=O)NCCNC(=O)Cc2ccc(C)cc2)cc1OC. The molecular weight excluding hydrogens is 332 g/mol. The second-order valence-corrected chi connectivity index (χ2v) is 5.84. The molecule has 0 aliphatic heterocycles. The monoisotopic (exact) mass is 356 g/mol. The van der Waals surface area contributed by atoms with Gasteiger partial charge in [0.1, 0.15) is 0 Å². The van der Waals surface area contributed by atoms with Crippen LogP contribution in [0.5, 0.6) is 11.5 Å². The van der Waals surface area contributed by atoms with Crippen molar-refractivity contribution >= 4 is 11.8 Å². The summed E-state index contributed by atoms with van der Waals surface area (Å²) in [6.07, 6.45) is 0.323. The first-order chi connectivity index (χ1) is 12.5. The van der Waals surface area contributed by atoms with Gasteiger partial charge in [-0.2, -0.15) is 0 Å². The van der Waals surface area contributed by atoms with Crippen molar-refractivity contribution in [2.24, 2.45) is 0 Å². The van der Waals surface area contributed by atoms with Gasteiger partial charge in [0.05, 0.1) is 20.6 Å². The van der Waals surface area contributed by atoms with E-state index < -0.39 is 0 Å². The highest BCUT2D eigenvalue weighted by Gasteiger charge is 2.10. The number of ether oxygens (including phenoxy) is 2. The minimum atomic E-state index is -0.237. The summed E-state index contributed by atoms with van der Waals surface area (Å²) in [6.45, 7) is 2.71. The quantitative estimate of drug-likeness (QED) is 0.710. The Morgan fingerprint density at radius 2 is 1.54 bits per heavy atom. The van der Waals surface area contributed by atoms with Crippen LogP contribution in [0.15, 0.2) is 42.5 Å². The van der Waals surface area contributed by atoms with E-state index in [1.807, 2.05) is 31.2 Å². The Kier molecular flexibility index (Phi) is 7.02. The summed E-state index contributed by atoms with van der Waals surface area (Å²) in [7, 11) is 3.06. The van der Waals surface area contributed by atoms with Gasteiger partial charge in [-0.25, -0.2) is 0 Å². The van der Waals surface area contributed by atoms with Gasteiger partial charge in [-0.05, 0) is 30.7 Å². The third kappa shape index (κ3) is 5.51. The zero-order valence-electron chi connectivity index (χ0n) is 15.3. The van der Waals surface area contributed by atoms with Crippen molar-refractivity contribution in [1.29, 1.82) is 0 Å². The largest absolute Gasteiger partial charge is 0.493 e. The molecule has 0 heterocycles. The molecule has 0 aliphatic carbocycles. The number of nitrogens with one attached hydrogen (secondary N) is 2. The molecular formula is C20H24N2O4.